The van der Waals surface area contributed by atoms with Crippen LogP contribution in [0.4, 0.5) is 8.78 Å². The summed E-state index contributed by atoms with van der Waals surface area (Å²) in [5.74, 6) is 1.11. The minimum absolute atomic E-state index is 0. The molecule has 0 aliphatic rings. The number of guanidine groups is 1. The Morgan fingerprint density at radius 3 is 2.56 bits per heavy atom. The van der Waals surface area contributed by atoms with Crippen LogP contribution in [0.25, 0.3) is 0 Å². The first-order valence-electron chi connectivity index (χ1n) is 8.74. The molecule has 9 heteroatoms. The van der Waals surface area contributed by atoms with E-state index >= 15 is 0 Å². The number of halogens is 3. The standard InChI is InChI=1S/C18H29F2N3O3.HI/c1-4-5-10-25-11-6-9-22-18(21-2)23-13-14-7-8-15(24-3)12-16(14)26-17(19)20;/h7-8,12,17H,4-6,9-11,13H2,1-3H3,(H2,21,22,23);1H. The fourth-order valence-electron chi connectivity index (χ4n) is 2.14. The number of hydrogen-bond acceptors (Lipinski definition) is 4. The van der Waals surface area contributed by atoms with Gasteiger partial charge < -0.3 is 24.8 Å². The lowest BCUT2D eigenvalue weighted by atomic mass is 10.2. The monoisotopic (exact) mass is 501 g/mol. The van der Waals surface area contributed by atoms with Crippen molar-refractivity contribution in [1.82, 2.24) is 10.6 Å². The van der Waals surface area contributed by atoms with Crippen molar-refractivity contribution in [2.75, 3.05) is 33.9 Å². The highest BCUT2D eigenvalue weighted by Gasteiger charge is 2.11. The number of unbranched alkanes of at least 4 members (excludes halogenated alkanes) is 1. The quantitative estimate of drug-likeness (QED) is 0.198. The fourth-order valence-corrected chi connectivity index (χ4v) is 2.14. The molecule has 0 amide bonds. The molecule has 1 aromatic rings. The minimum atomic E-state index is -2.90. The summed E-state index contributed by atoms with van der Waals surface area (Å²) in [6.07, 6.45) is 3.05. The Bertz CT molecular complexity index is 549. The van der Waals surface area contributed by atoms with E-state index in [-0.39, 0.29) is 29.7 Å². The molecule has 1 aromatic carbocycles. The van der Waals surface area contributed by atoms with Crippen LogP contribution in [0.15, 0.2) is 23.2 Å². The predicted octanol–water partition coefficient (Wildman–Crippen LogP) is 3.79. The van der Waals surface area contributed by atoms with E-state index in [1.807, 2.05) is 0 Å². The van der Waals surface area contributed by atoms with Gasteiger partial charge in [0.05, 0.1) is 7.11 Å². The van der Waals surface area contributed by atoms with Crippen LogP contribution in [-0.4, -0.2) is 46.5 Å². The third kappa shape index (κ3) is 11.2. The lowest BCUT2D eigenvalue weighted by molar-refractivity contribution is -0.0505. The summed E-state index contributed by atoms with van der Waals surface area (Å²) in [4.78, 5) is 4.11. The van der Waals surface area contributed by atoms with E-state index in [0.29, 0.717) is 37.0 Å². The SMILES string of the molecule is CCCCOCCCNC(=NC)NCc1ccc(OC)cc1OC(F)F.I. The van der Waals surface area contributed by atoms with E-state index in [9.17, 15) is 8.78 Å². The van der Waals surface area contributed by atoms with Crippen LogP contribution in [-0.2, 0) is 11.3 Å². The molecule has 0 aromatic heterocycles. The molecule has 27 heavy (non-hydrogen) atoms. The molecule has 0 aliphatic carbocycles. The number of rotatable bonds is 12. The van der Waals surface area contributed by atoms with Gasteiger partial charge in [0.15, 0.2) is 5.96 Å². The molecule has 0 unspecified atom stereocenters. The number of methoxy groups -OCH3 is 1. The number of hydrogen-bond donors (Lipinski definition) is 2. The number of aliphatic imine (C=N–C) groups is 1. The van der Waals surface area contributed by atoms with Gasteiger partial charge in [0.25, 0.3) is 0 Å². The first-order chi connectivity index (χ1) is 12.6. The van der Waals surface area contributed by atoms with Gasteiger partial charge in [-0.3, -0.25) is 4.99 Å². The van der Waals surface area contributed by atoms with Crippen LogP contribution in [0.5, 0.6) is 11.5 Å². The molecule has 0 radical (unpaired) electrons. The van der Waals surface area contributed by atoms with E-state index in [0.717, 1.165) is 25.9 Å². The summed E-state index contributed by atoms with van der Waals surface area (Å²) in [6, 6.07) is 4.81. The van der Waals surface area contributed by atoms with Gasteiger partial charge in [-0.15, -0.1) is 24.0 Å². The Morgan fingerprint density at radius 2 is 1.93 bits per heavy atom. The summed E-state index contributed by atoms with van der Waals surface area (Å²) < 4.78 is 40.3. The molecule has 6 nitrogen and oxygen atoms in total. The fraction of sp³-hybridized carbons (Fsp3) is 0.611. The van der Waals surface area contributed by atoms with Crippen molar-refractivity contribution in [3.8, 4) is 11.5 Å². The van der Waals surface area contributed by atoms with E-state index in [4.69, 9.17) is 9.47 Å². The lowest BCUT2D eigenvalue weighted by Gasteiger charge is -2.15. The van der Waals surface area contributed by atoms with Gasteiger partial charge in [0, 0.05) is 45.0 Å². The first-order valence-corrected chi connectivity index (χ1v) is 8.74. The Kier molecular flexibility index (Phi) is 14.9. The maximum atomic E-state index is 12.6. The van der Waals surface area contributed by atoms with Crippen LogP contribution in [0.3, 0.4) is 0 Å². The largest absolute Gasteiger partial charge is 0.497 e. The number of nitrogens with one attached hydrogen (secondary N) is 2. The number of benzene rings is 1. The van der Waals surface area contributed by atoms with Gasteiger partial charge in [-0.1, -0.05) is 13.3 Å². The Morgan fingerprint density at radius 1 is 1.19 bits per heavy atom. The normalized spacial score (nSPS) is 11.1. The topological polar surface area (TPSA) is 64.1 Å². The van der Waals surface area contributed by atoms with Crippen LogP contribution in [0.2, 0.25) is 0 Å². The summed E-state index contributed by atoms with van der Waals surface area (Å²) >= 11 is 0. The zero-order chi connectivity index (χ0) is 19.2. The molecule has 0 atom stereocenters. The van der Waals surface area contributed by atoms with Crippen molar-refractivity contribution in [3.63, 3.8) is 0 Å². The first kappa shape index (κ1) is 25.6. The van der Waals surface area contributed by atoms with Gasteiger partial charge in [-0.25, -0.2) is 0 Å². The van der Waals surface area contributed by atoms with Crippen molar-refractivity contribution in [1.29, 1.82) is 0 Å². The lowest BCUT2D eigenvalue weighted by Crippen LogP contribution is -2.37. The minimum Gasteiger partial charge on any atom is -0.497 e. The Balaban J connectivity index is 0.00000676. The van der Waals surface area contributed by atoms with Gasteiger partial charge >= 0.3 is 6.61 Å². The molecule has 0 aliphatic heterocycles. The third-order valence-corrected chi connectivity index (χ3v) is 3.56. The van der Waals surface area contributed by atoms with Crippen LogP contribution < -0.4 is 20.1 Å². The maximum absolute atomic E-state index is 12.6. The van der Waals surface area contributed by atoms with Crippen molar-refractivity contribution >= 4 is 29.9 Å². The van der Waals surface area contributed by atoms with Crippen LogP contribution in [0, 0.1) is 0 Å². The van der Waals surface area contributed by atoms with E-state index < -0.39 is 6.61 Å². The van der Waals surface area contributed by atoms with Crippen LogP contribution in [0.1, 0.15) is 31.7 Å². The highest BCUT2D eigenvalue weighted by atomic mass is 127. The summed E-state index contributed by atoms with van der Waals surface area (Å²) in [6.45, 7) is 1.70. The average Bonchev–Trinajstić information content (AvgIpc) is 2.63. The Labute approximate surface area is 177 Å². The summed E-state index contributed by atoms with van der Waals surface area (Å²) in [7, 11) is 3.12. The van der Waals surface area contributed by atoms with Crippen molar-refractivity contribution in [2.45, 2.75) is 39.3 Å². The molecule has 156 valence electrons. The van der Waals surface area contributed by atoms with E-state index in [1.165, 1.54) is 13.2 Å². The average molecular weight is 501 g/mol. The Hall–Kier alpha value is -1.36. The molecule has 0 heterocycles. The zero-order valence-corrected chi connectivity index (χ0v) is 18.4. The van der Waals surface area contributed by atoms with Crippen molar-refractivity contribution in [2.24, 2.45) is 4.99 Å². The number of alkyl halides is 2. The molecular weight excluding hydrogens is 471 g/mol. The molecule has 0 saturated heterocycles. The van der Waals surface area contributed by atoms with Crippen molar-refractivity contribution in [3.05, 3.63) is 23.8 Å². The zero-order valence-electron chi connectivity index (χ0n) is 16.1. The van der Waals surface area contributed by atoms with Crippen molar-refractivity contribution < 1.29 is 23.0 Å². The molecule has 0 bridgehead atoms. The molecule has 0 spiro atoms. The molecule has 1 rings (SSSR count). The third-order valence-electron chi connectivity index (χ3n) is 3.56. The maximum Gasteiger partial charge on any atom is 0.387 e. The van der Waals surface area contributed by atoms with E-state index in [2.05, 4.69) is 27.3 Å². The summed E-state index contributed by atoms with van der Waals surface area (Å²) in [5, 5.41) is 6.24. The second-order valence-electron chi connectivity index (χ2n) is 5.52. The second kappa shape index (κ2) is 15.7. The smallest absolute Gasteiger partial charge is 0.387 e. The molecule has 2 N–H and O–H groups in total. The molecule has 0 fully saturated rings. The number of nitrogens with zero attached hydrogens (tertiary/aromatic N) is 1. The summed E-state index contributed by atoms with van der Waals surface area (Å²) in [5.41, 5.74) is 0.581. The highest BCUT2D eigenvalue weighted by Crippen LogP contribution is 2.26. The number of ether oxygens (including phenoxy) is 3. The van der Waals surface area contributed by atoms with Gasteiger partial charge in [0.1, 0.15) is 11.5 Å². The van der Waals surface area contributed by atoms with Gasteiger partial charge in [-0.05, 0) is 25.0 Å². The molecule has 0 saturated carbocycles. The van der Waals surface area contributed by atoms with E-state index in [1.54, 1.807) is 19.2 Å². The van der Waals surface area contributed by atoms with Gasteiger partial charge in [-0.2, -0.15) is 8.78 Å². The van der Waals surface area contributed by atoms with Crippen LogP contribution >= 0.6 is 24.0 Å². The second-order valence-corrected chi connectivity index (χ2v) is 5.52. The molecular formula is C18H30F2IN3O3. The predicted molar refractivity (Wildman–Crippen MR) is 114 cm³/mol. The highest BCUT2D eigenvalue weighted by molar-refractivity contribution is 14.0. The van der Waals surface area contributed by atoms with Gasteiger partial charge in [0.2, 0.25) is 0 Å².